The smallest absolute Gasteiger partial charge is 0.178 e. The molecule has 1 rings (SSSR count). The third kappa shape index (κ3) is 2.17. The van der Waals surface area contributed by atoms with Crippen molar-refractivity contribution in [3.8, 4) is 0 Å². The molecule has 0 fully saturated rings. The van der Waals surface area contributed by atoms with Gasteiger partial charge >= 0.3 is 0 Å². The summed E-state index contributed by atoms with van der Waals surface area (Å²) in [4.78, 5) is 15.4. The van der Waals surface area contributed by atoms with Crippen molar-refractivity contribution in [2.24, 2.45) is 5.92 Å². The van der Waals surface area contributed by atoms with Gasteiger partial charge in [0, 0.05) is 23.9 Å². The molecule has 0 atom stereocenters. The topological polar surface area (TPSA) is 30.0 Å². The number of ketones is 1. The molecule has 0 saturated heterocycles. The minimum absolute atomic E-state index is 0.0404. The van der Waals surface area contributed by atoms with Crippen LogP contribution in [-0.2, 0) is 0 Å². The number of pyridine rings is 1. The number of hydrogen-bond acceptors (Lipinski definition) is 2. The van der Waals surface area contributed by atoms with Gasteiger partial charge in [0.1, 0.15) is 0 Å². The minimum Gasteiger partial charge on any atom is -0.294 e. The third-order valence-corrected chi connectivity index (χ3v) is 1.88. The van der Waals surface area contributed by atoms with E-state index in [0.29, 0.717) is 5.56 Å². The van der Waals surface area contributed by atoms with Gasteiger partial charge in [0.15, 0.2) is 22.1 Å². The Morgan fingerprint density at radius 1 is 1.50 bits per heavy atom. The van der Waals surface area contributed by atoms with E-state index in [1.54, 1.807) is 12.4 Å². The second-order valence-corrected chi connectivity index (χ2v) is 3.69. The highest BCUT2D eigenvalue weighted by Crippen LogP contribution is 2.04. The van der Waals surface area contributed by atoms with Crippen LogP contribution >= 0.6 is 0 Å². The van der Waals surface area contributed by atoms with Crippen molar-refractivity contribution in [1.29, 1.82) is 0 Å². The molecule has 2 nitrogen and oxygen atoms in total. The highest BCUT2D eigenvalue weighted by molar-refractivity contribution is 6.32. The Labute approximate surface area is 80.4 Å². The molecule has 0 N–H and O–H groups in total. The molecule has 1 aromatic rings. The van der Waals surface area contributed by atoms with E-state index in [1.165, 1.54) is 0 Å². The third-order valence-electron chi connectivity index (χ3n) is 1.57. The molecule has 0 bridgehead atoms. The van der Waals surface area contributed by atoms with Crippen LogP contribution in [0.5, 0.6) is 0 Å². The van der Waals surface area contributed by atoms with Crippen molar-refractivity contribution in [3.63, 3.8) is 0 Å². The second kappa shape index (κ2) is 3.84. The van der Waals surface area contributed by atoms with Crippen LogP contribution in [0.3, 0.4) is 0 Å². The lowest BCUT2D eigenvalue weighted by Gasteiger charge is -2.03. The van der Waals surface area contributed by atoms with E-state index in [9.17, 15) is 4.79 Å². The van der Waals surface area contributed by atoms with Gasteiger partial charge in [0.05, 0.1) is 0 Å². The van der Waals surface area contributed by atoms with Gasteiger partial charge in [-0.25, -0.2) is 0 Å². The van der Waals surface area contributed by atoms with Crippen molar-refractivity contribution < 1.29 is 4.79 Å². The van der Waals surface area contributed by atoms with Crippen molar-refractivity contribution in [2.75, 3.05) is 0 Å². The minimum atomic E-state index is 0.0404. The Hall–Kier alpha value is -0.648. The molecule has 1 aromatic heterocycles. The molecule has 12 heavy (non-hydrogen) atoms. The van der Waals surface area contributed by atoms with Crippen molar-refractivity contribution in [3.05, 3.63) is 24.0 Å². The predicted octanol–water partition coefficient (Wildman–Crippen LogP) is 0.714. The van der Waals surface area contributed by atoms with Crippen molar-refractivity contribution in [1.82, 2.24) is 4.98 Å². The van der Waals surface area contributed by atoms with Crippen LogP contribution < -0.4 is 4.43 Å². The molecule has 0 aromatic carbocycles. The molecular formula is C9H10AlNO. The summed E-state index contributed by atoms with van der Waals surface area (Å²) in [5, 5.41) is 0. The van der Waals surface area contributed by atoms with Gasteiger partial charge in [-0.3, -0.25) is 9.78 Å². The molecule has 0 unspecified atom stereocenters. The van der Waals surface area contributed by atoms with Gasteiger partial charge in [-0.1, -0.05) is 19.9 Å². The summed E-state index contributed by atoms with van der Waals surface area (Å²) in [6.45, 7) is 3.77. The van der Waals surface area contributed by atoms with Crippen LogP contribution in [0.4, 0.5) is 0 Å². The van der Waals surface area contributed by atoms with E-state index in [2.05, 4.69) is 21.3 Å². The summed E-state index contributed by atoms with van der Waals surface area (Å²) in [6, 6.07) is 1.83. The average molecular weight is 175 g/mol. The molecule has 0 aliphatic carbocycles. The Bertz CT molecular complexity index is 296. The SMILES string of the molecule is CC(C)C(=O)c1cnc[c]([Al])c1. The molecule has 60 valence electrons. The van der Waals surface area contributed by atoms with Crippen LogP contribution in [0.25, 0.3) is 0 Å². The number of aromatic nitrogens is 1. The van der Waals surface area contributed by atoms with Crippen LogP contribution in [0.1, 0.15) is 24.2 Å². The van der Waals surface area contributed by atoms with Gasteiger partial charge in [-0.15, -0.1) is 4.43 Å². The van der Waals surface area contributed by atoms with Crippen LogP contribution in [0.2, 0.25) is 0 Å². The van der Waals surface area contributed by atoms with Crippen molar-refractivity contribution in [2.45, 2.75) is 13.8 Å². The van der Waals surface area contributed by atoms with E-state index in [4.69, 9.17) is 0 Å². The summed E-state index contributed by atoms with van der Waals surface area (Å²) >= 11 is 2.53. The standard InChI is InChI=1S/C9H10NO.Al/c1-7(2)9(11)8-4-3-5-10-6-8;/h4-7H,1-2H3;. The van der Waals surface area contributed by atoms with E-state index < -0.39 is 0 Å². The molecule has 3 heteroatoms. The number of rotatable bonds is 2. The average Bonchev–Trinajstić information content (AvgIpc) is 2.03. The summed E-state index contributed by atoms with van der Waals surface area (Å²) in [6.07, 6.45) is 3.32. The fourth-order valence-electron chi connectivity index (χ4n) is 0.926. The van der Waals surface area contributed by atoms with E-state index in [0.717, 1.165) is 4.43 Å². The Kier molecular flexibility index (Phi) is 3.02. The van der Waals surface area contributed by atoms with Gasteiger partial charge < -0.3 is 0 Å². The fraction of sp³-hybridized carbons (Fsp3) is 0.333. The number of carbonyl (C=O) groups is 1. The predicted molar refractivity (Wildman–Crippen MR) is 48.8 cm³/mol. The first-order valence-corrected chi connectivity index (χ1v) is 4.43. The number of Topliss-reactive ketones (excluding diaryl/α,β-unsaturated/α-hetero) is 1. The number of carbonyl (C=O) groups excluding carboxylic acids is 1. The highest BCUT2D eigenvalue weighted by Gasteiger charge is 2.09. The lowest BCUT2D eigenvalue weighted by Crippen LogP contribution is -2.12. The van der Waals surface area contributed by atoms with Gasteiger partial charge in [0.25, 0.3) is 0 Å². The van der Waals surface area contributed by atoms with E-state index >= 15 is 0 Å². The monoisotopic (exact) mass is 175 g/mol. The Balaban J connectivity index is 2.96. The molecule has 1 heterocycles. The van der Waals surface area contributed by atoms with Crippen molar-refractivity contribution >= 4 is 26.5 Å². The molecule has 0 spiro atoms. The van der Waals surface area contributed by atoms with Crippen LogP contribution in [0, 0.1) is 5.92 Å². The van der Waals surface area contributed by atoms with Crippen LogP contribution in [-0.4, -0.2) is 27.1 Å². The summed E-state index contributed by atoms with van der Waals surface area (Å²) < 4.78 is 0.946. The van der Waals surface area contributed by atoms with Crippen LogP contribution in [0.15, 0.2) is 18.5 Å². The maximum atomic E-state index is 11.4. The summed E-state index contributed by atoms with van der Waals surface area (Å²) in [5.41, 5.74) is 0.692. The fourth-order valence-corrected chi connectivity index (χ4v) is 1.19. The maximum Gasteiger partial charge on any atom is 0.178 e. The Morgan fingerprint density at radius 3 is 2.67 bits per heavy atom. The van der Waals surface area contributed by atoms with E-state index in [1.807, 2.05) is 19.9 Å². The molecular weight excluding hydrogens is 165 g/mol. The molecule has 0 aliphatic heterocycles. The first kappa shape index (κ1) is 9.44. The summed E-state index contributed by atoms with van der Waals surface area (Å²) in [7, 11) is 0. The Morgan fingerprint density at radius 2 is 2.17 bits per heavy atom. The van der Waals surface area contributed by atoms with Gasteiger partial charge in [-0.05, 0) is 0 Å². The summed E-state index contributed by atoms with van der Waals surface area (Å²) in [5.74, 6) is 0.186. The first-order chi connectivity index (χ1) is 5.61. The molecule has 0 saturated carbocycles. The molecule has 0 aliphatic rings. The largest absolute Gasteiger partial charge is 0.294 e. The lowest BCUT2D eigenvalue weighted by atomic mass is 10.0. The highest BCUT2D eigenvalue weighted by atomic mass is 27.0. The zero-order valence-electron chi connectivity index (χ0n) is 7.24. The zero-order valence-corrected chi connectivity index (χ0v) is 8.40. The normalized spacial score (nSPS) is 10.2. The van der Waals surface area contributed by atoms with Gasteiger partial charge in [0.2, 0.25) is 0 Å². The molecule has 2 radical (unpaired) electrons. The maximum absolute atomic E-state index is 11.4. The molecule has 0 amide bonds. The lowest BCUT2D eigenvalue weighted by molar-refractivity contribution is 0.0939. The van der Waals surface area contributed by atoms with Gasteiger partial charge in [-0.2, -0.15) is 0 Å². The number of nitrogens with zero attached hydrogens (tertiary/aromatic N) is 1. The van der Waals surface area contributed by atoms with E-state index in [-0.39, 0.29) is 11.7 Å². The first-order valence-electron chi connectivity index (χ1n) is 3.86. The second-order valence-electron chi connectivity index (χ2n) is 3.03. The quantitative estimate of drug-likeness (QED) is 0.489. The number of hydrogen-bond donors (Lipinski definition) is 0. The zero-order chi connectivity index (χ0) is 9.14.